The Morgan fingerprint density at radius 3 is 1.60 bits per heavy atom. The molecule has 0 radical (unpaired) electrons. The number of hydrogen-bond donors (Lipinski definition) is 0. The number of rotatable bonds is 3. The van der Waals surface area contributed by atoms with Crippen LogP contribution in [0.4, 0.5) is 0 Å². The molecule has 1 heteroatoms. The summed E-state index contributed by atoms with van der Waals surface area (Å²) in [6, 6.07) is 39.2. The smallest absolute Gasteiger partial charge is 0 e. The van der Waals surface area contributed by atoms with Crippen molar-refractivity contribution in [3.05, 3.63) is 109 Å². The van der Waals surface area contributed by atoms with Crippen LogP contribution >= 0.6 is 0 Å². The molecule has 0 N–H and O–H groups in total. The molecule has 0 aliphatic rings. The van der Waals surface area contributed by atoms with Gasteiger partial charge in [0.05, 0.1) is 0 Å². The van der Waals surface area contributed by atoms with Gasteiger partial charge in [0.25, 0.3) is 0 Å². The maximum atomic E-state index is 3.35. The molecule has 4 aromatic carbocycles. The van der Waals surface area contributed by atoms with Crippen molar-refractivity contribution < 1.29 is 20.4 Å². The Hall–Kier alpha value is -2.46. The Morgan fingerprint density at radius 2 is 0.960 bits per heavy atom. The van der Waals surface area contributed by atoms with Crippen LogP contribution in [0.1, 0.15) is 0 Å². The summed E-state index contributed by atoms with van der Waals surface area (Å²) in [7, 11) is 0. The van der Waals surface area contributed by atoms with Crippen LogP contribution in [-0.2, 0) is 20.4 Å². The van der Waals surface area contributed by atoms with Crippen LogP contribution < -0.4 is 0 Å². The summed E-state index contributed by atoms with van der Waals surface area (Å²) >= 11 is 0. The van der Waals surface area contributed by atoms with Crippen molar-refractivity contribution in [1.29, 1.82) is 0 Å². The zero-order valence-electron chi connectivity index (χ0n) is 13.6. The third kappa shape index (κ3) is 3.64. The predicted molar refractivity (Wildman–Crippen MR) is 102 cm³/mol. The zero-order valence-corrected chi connectivity index (χ0v) is 15.2. The summed E-state index contributed by atoms with van der Waals surface area (Å²) in [5.74, 6) is 0. The van der Waals surface area contributed by atoms with Crippen LogP contribution in [0.5, 0.6) is 0 Å². The monoisotopic (exact) mass is 411 g/mol. The van der Waals surface area contributed by atoms with Crippen LogP contribution in [-0.4, -0.2) is 0 Å². The minimum absolute atomic E-state index is 0. The molecule has 0 nitrogen and oxygen atoms in total. The van der Waals surface area contributed by atoms with Crippen molar-refractivity contribution in [2.24, 2.45) is 0 Å². The minimum atomic E-state index is 0. The van der Waals surface area contributed by atoms with Crippen molar-refractivity contribution in [3.8, 4) is 33.4 Å². The predicted octanol–water partition coefficient (Wildman–Crippen LogP) is 6.49. The van der Waals surface area contributed by atoms with Gasteiger partial charge in [-0.2, -0.15) is 0 Å². The minimum Gasteiger partial charge on any atom is -0.147 e. The van der Waals surface area contributed by atoms with Gasteiger partial charge in [-0.05, 0) is 16.7 Å². The molecule has 0 aliphatic carbocycles. The molecular formula is C24H17Pd-. The Labute approximate surface area is 162 Å². The molecule has 4 rings (SSSR count). The van der Waals surface area contributed by atoms with Gasteiger partial charge in [-0.1, -0.05) is 90.0 Å². The van der Waals surface area contributed by atoms with Gasteiger partial charge in [-0.25, -0.2) is 0 Å². The van der Waals surface area contributed by atoms with E-state index in [4.69, 9.17) is 0 Å². The van der Waals surface area contributed by atoms with E-state index in [1.54, 1.807) is 0 Å². The number of hydrogen-bond acceptors (Lipinski definition) is 0. The third-order valence-electron chi connectivity index (χ3n) is 4.23. The molecule has 0 heterocycles. The molecule has 0 spiro atoms. The SMILES string of the molecule is [Pd].[c-]1ccccc1-c1ccccc1-c1ccccc1-c1ccccc1. The van der Waals surface area contributed by atoms with Crippen LogP contribution in [0.25, 0.3) is 33.4 Å². The van der Waals surface area contributed by atoms with E-state index in [0.29, 0.717) is 0 Å². The van der Waals surface area contributed by atoms with Gasteiger partial charge >= 0.3 is 0 Å². The molecule has 0 amide bonds. The van der Waals surface area contributed by atoms with E-state index >= 15 is 0 Å². The van der Waals surface area contributed by atoms with Gasteiger partial charge in [-0.3, -0.25) is 0 Å². The largest absolute Gasteiger partial charge is 0.147 e. The van der Waals surface area contributed by atoms with Gasteiger partial charge in [0.1, 0.15) is 0 Å². The summed E-state index contributed by atoms with van der Waals surface area (Å²) in [6.45, 7) is 0. The van der Waals surface area contributed by atoms with Crippen molar-refractivity contribution >= 4 is 0 Å². The van der Waals surface area contributed by atoms with Crippen LogP contribution in [0, 0.1) is 6.07 Å². The van der Waals surface area contributed by atoms with Gasteiger partial charge in [0.15, 0.2) is 0 Å². The normalized spacial score (nSPS) is 10.1. The summed E-state index contributed by atoms with van der Waals surface area (Å²) in [5, 5.41) is 0. The van der Waals surface area contributed by atoms with Crippen molar-refractivity contribution in [3.63, 3.8) is 0 Å². The molecule has 0 bridgehead atoms. The summed E-state index contributed by atoms with van der Waals surface area (Å²) in [6.07, 6.45) is 0. The van der Waals surface area contributed by atoms with E-state index in [1.807, 2.05) is 12.1 Å². The Bertz CT molecular complexity index is 863. The second-order valence-electron chi connectivity index (χ2n) is 5.73. The first-order valence-corrected chi connectivity index (χ1v) is 8.14. The van der Waals surface area contributed by atoms with E-state index in [-0.39, 0.29) is 20.4 Å². The molecular weight excluding hydrogens is 395 g/mol. The quantitative estimate of drug-likeness (QED) is 0.267. The second-order valence-corrected chi connectivity index (χ2v) is 5.73. The standard InChI is InChI=1S/C24H17.Pd/c1-3-11-19(12-4-1)21-15-7-9-17-23(21)24-18-10-8-16-22(24)20-13-5-2-6-14-20;/h1-13,15-18H;/q-1;. The number of benzene rings is 4. The Balaban J connectivity index is 0.00000182. The van der Waals surface area contributed by atoms with E-state index in [2.05, 4.69) is 97.1 Å². The first kappa shape index (κ1) is 17.4. The fourth-order valence-corrected chi connectivity index (χ4v) is 3.10. The van der Waals surface area contributed by atoms with Gasteiger partial charge in [0, 0.05) is 20.4 Å². The maximum Gasteiger partial charge on any atom is 0 e. The summed E-state index contributed by atoms with van der Waals surface area (Å²) in [5.41, 5.74) is 7.30. The van der Waals surface area contributed by atoms with E-state index in [9.17, 15) is 0 Å². The first-order valence-electron chi connectivity index (χ1n) is 8.14. The average Bonchev–Trinajstić information content (AvgIpc) is 2.69. The summed E-state index contributed by atoms with van der Waals surface area (Å²) in [4.78, 5) is 0. The van der Waals surface area contributed by atoms with Crippen molar-refractivity contribution in [2.75, 3.05) is 0 Å². The molecule has 124 valence electrons. The molecule has 0 fully saturated rings. The molecule has 4 aromatic rings. The molecule has 0 saturated heterocycles. The van der Waals surface area contributed by atoms with E-state index in [1.165, 1.54) is 27.8 Å². The Morgan fingerprint density at radius 1 is 0.440 bits per heavy atom. The molecule has 0 unspecified atom stereocenters. The van der Waals surface area contributed by atoms with E-state index in [0.717, 1.165) is 5.56 Å². The molecule has 0 aromatic heterocycles. The van der Waals surface area contributed by atoms with Gasteiger partial charge < -0.3 is 0 Å². The van der Waals surface area contributed by atoms with Crippen molar-refractivity contribution in [2.45, 2.75) is 0 Å². The average molecular weight is 412 g/mol. The molecule has 25 heavy (non-hydrogen) atoms. The Kier molecular flexibility index (Phi) is 5.61. The zero-order chi connectivity index (χ0) is 16.2. The summed E-state index contributed by atoms with van der Waals surface area (Å²) < 4.78 is 0. The van der Waals surface area contributed by atoms with E-state index < -0.39 is 0 Å². The maximum absolute atomic E-state index is 3.35. The van der Waals surface area contributed by atoms with Crippen LogP contribution in [0.3, 0.4) is 0 Å². The van der Waals surface area contributed by atoms with Crippen LogP contribution in [0.15, 0.2) is 103 Å². The molecule has 0 atom stereocenters. The third-order valence-corrected chi connectivity index (χ3v) is 4.23. The fourth-order valence-electron chi connectivity index (χ4n) is 3.10. The molecule has 0 aliphatic heterocycles. The van der Waals surface area contributed by atoms with Gasteiger partial charge in [0.2, 0.25) is 0 Å². The van der Waals surface area contributed by atoms with Crippen LogP contribution in [0.2, 0.25) is 0 Å². The second kappa shape index (κ2) is 8.08. The topological polar surface area (TPSA) is 0 Å². The van der Waals surface area contributed by atoms with Gasteiger partial charge in [-0.15, -0.1) is 35.9 Å². The molecule has 0 saturated carbocycles. The first-order chi connectivity index (χ1) is 11.9. The van der Waals surface area contributed by atoms with Crippen molar-refractivity contribution in [1.82, 2.24) is 0 Å². The fraction of sp³-hybridized carbons (Fsp3) is 0.